The third-order valence-electron chi connectivity index (χ3n) is 3.66. The Labute approximate surface area is 127 Å². The summed E-state index contributed by atoms with van der Waals surface area (Å²) < 4.78 is 1.01. The van der Waals surface area contributed by atoms with Crippen LogP contribution in [0.5, 0.6) is 0 Å². The van der Waals surface area contributed by atoms with E-state index < -0.39 is 0 Å². The third-order valence-corrected chi connectivity index (χ3v) is 4.18. The van der Waals surface area contributed by atoms with Crippen LogP contribution in [0.2, 0.25) is 0 Å². The van der Waals surface area contributed by atoms with Gasteiger partial charge in [-0.1, -0.05) is 34.1 Å². The standard InChI is InChI=1S/C17H16BrNO/c18-15-6-8-16(9-7-15)19-17(20)11-12-4-5-13-2-1-3-14(13)10-12/h4-10H,1-3,11H2,(H,19,20). The Balaban J connectivity index is 1.65. The van der Waals surface area contributed by atoms with Gasteiger partial charge in [0.2, 0.25) is 5.91 Å². The SMILES string of the molecule is O=C(Cc1ccc2c(c1)CCC2)Nc1ccc(Br)cc1. The van der Waals surface area contributed by atoms with E-state index in [1.54, 1.807) is 0 Å². The van der Waals surface area contributed by atoms with Gasteiger partial charge in [-0.3, -0.25) is 4.79 Å². The quantitative estimate of drug-likeness (QED) is 0.901. The second-order valence-electron chi connectivity index (χ2n) is 5.19. The van der Waals surface area contributed by atoms with Crippen molar-refractivity contribution in [2.45, 2.75) is 25.7 Å². The Hall–Kier alpha value is -1.61. The summed E-state index contributed by atoms with van der Waals surface area (Å²) in [5, 5.41) is 2.93. The van der Waals surface area contributed by atoms with E-state index in [1.165, 1.54) is 24.0 Å². The Morgan fingerprint density at radius 3 is 2.60 bits per heavy atom. The molecule has 20 heavy (non-hydrogen) atoms. The lowest BCUT2D eigenvalue weighted by Crippen LogP contribution is -2.14. The first-order chi connectivity index (χ1) is 9.70. The highest BCUT2D eigenvalue weighted by Gasteiger charge is 2.12. The molecule has 2 aromatic carbocycles. The lowest BCUT2D eigenvalue weighted by Gasteiger charge is -2.07. The fourth-order valence-corrected chi connectivity index (χ4v) is 2.92. The summed E-state index contributed by atoms with van der Waals surface area (Å²) in [5.41, 5.74) is 4.79. The molecule has 0 heterocycles. The van der Waals surface area contributed by atoms with Crippen LogP contribution in [0, 0.1) is 0 Å². The van der Waals surface area contributed by atoms with Gasteiger partial charge in [-0.25, -0.2) is 0 Å². The molecular formula is C17H16BrNO. The van der Waals surface area contributed by atoms with Gasteiger partial charge in [-0.15, -0.1) is 0 Å². The van der Waals surface area contributed by atoms with Crippen molar-refractivity contribution < 1.29 is 4.79 Å². The molecular weight excluding hydrogens is 314 g/mol. The Morgan fingerprint density at radius 1 is 1.05 bits per heavy atom. The highest BCUT2D eigenvalue weighted by Crippen LogP contribution is 2.23. The molecule has 0 atom stereocenters. The van der Waals surface area contributed by atoms with Crippen LogP contribution >= 0.6 is 15.9 Å². The molecule has 1 amide bonds. The number of hydrogen-bond acceptors (Lipinski definition) is 1. The van der Waals surface area contributed by atoms with Crippen LogP contribution in [0.25, 0.3) is 0 Å². The molecule has 0 aromatic heterocycles. The lowest BCUT2D eigenvalue weighted by molar-refractivity contribution is -0.115. The molecule has 3 heteroatoms. The number of anilines is 1. The molecule has 1 aliphatic rings. The van der Waals surface area contributed by atoms with Crippen molar-refractivity contribution in [2.75, 3.05) is 5.32 Å². The monoisotopic (exact) mass is 329 g/mol. The van der Waals surface area contributed by atoms with E-state index in [1.807, 2.05) is 24.3 Å². The number of nitrogens with one attached hydrogen (secondary N) is 1. The van der Waals surface area contributed by atoms with Crippen LogP contribution < -0.4 is 5.32 Å². The Bertz CT molecular complexity index is 634. The van der Waals surface area contributed by atoms with Crippen LogP contribution in [-0.2, 0) is 24.1 Å². The molecule has 1 N–H and O–H groups in total. The summed E-state index contributed by atoms with van der Waals surface area (Å²) in [6.07, 6.45) is 4.01. The normalized spacial score (nSPS) is 13.1. The molecule has 0 saturated heterocycles. The van der Waals surface area contributed by atoms with E-state index in [0.29, 0.717) is 6.42 Å². The van der Waals surface area contributed by atoms with Crippen LogP contribution in [0.3, 0.4) is 0 Å². The highest BCUT2D eigenvalue weighted by molar-refractivity contribution is 9.10. The molecule has 102 valence electrons. The fraction of sp³-hybridized carbons (Fsp3) is 0.235. The average molecular weight is 330 g/mol. The van der Waals surface area contributed by atoms with E-state index in [0.717, 1.165) is 22.1 Å². The van der Waals surface area contributed by atoms with Crippen molar-refractivity contribution in [1.82, 2.24) is 0 Å². The number of carbonyl (C=O) groups is 1. The molecule has 0 radical (unpaired) electrons. The lowest BCUT2D eigenvalue weighted by atomic mass is 10.0. The highest BCUT2D eigenvalue weighted by atomic mass is 79.9. The van der Waals surface area contributed by atoms with Crippen molar-refractivity contribution in [3.05, 3.63) is 63.6 Å². The fourth-order valence-electron chi connectivity index (χ4n) is 2.66. The molecule has 0 bridgehead atoms. The summed E-state index contributed by atoms with van der Waals surface area (Å²) in [6, 6.07) is 14.1. The molecule has 0 fully saturated rings. The first kappa shape index (κ1) is 13.4. The predicted molar refractivity (Wildman–Crippen MR) is 84.9 cm³/mol. The molecule has 1 aliphatic carbocycles. The number of carbonyl (C=O) groups excluding carboxylic acids is 1. The second kappa shape index (κ2) is 5.80. The van der Waals surface area contributed by atoms with E-state index >= 15 is 0 Å². The van der Waals surface area contributed by atoms with Crippen molar-refractivity contribution in [3.63, 3.8) is 0 Å². The molecule has 0 spiro atoms. The number of benzene rings is 2. The van der Waals surface area contributed by atoms with Crippen LogP contribution in [0.4, 0.5) is 5.69 Å². The average Bonchev–Trinajstić information content (AvgIpc) is 2.89. The van der Waals surface area contributed by atoms with E-state index in [2.05, 4.69) is 39.4 Å². The summed E-state index contributed by atoms with van der Waals surface area (Å²) in [5.74, 6) is 0.0327. The first-order valence-corrected chi connectivity index (χ1v) is 7.66. The molecule has 2 aromatic rings. The number of aryl methyl sites for hydroxylation is 2. The van der Waals surface area contributed by atoms with Gasteiger partial charge < -0.3 is 5.32 Å². The maximum atomic E-state index is 12.0. The van der Waals surface area contributed by atoms with Gasteiger partial charge in [0.1, 0.15) is 0 Å². The molecule has 3 rings (SSSR count). The van der Waals surface area contributed by atoms with Gasteiger partial charge in [-0.2, -0.15) is 0 Å². The second-order valence-corrected chi connectivity index (χ2v) is 6.10. The van der Waals surface area contributed by atoms with Crippen molar-refractivity contribution in [1.29, 1.82) is 0 Å². The largest absolute Gasteiger partial charge is 0.326 e. The number of halogens is 1. The Kier molecular flexibility index (Phi) is 3.88. The molecule has 0 saturated carbocycles. The van der Waals surface area contributed by atoms with Gasteiger partial charge in [0, 0.05) is 10.2 Å². The first-order valence-electron chi connectivity index (χ1n) is 6.87. The smallest absolute Gasteiger partial charge is 0.228 e. The van der Waals surface area contributed by atoms with E-state index in [4.69, 9.17) is 0 Å². The maximum Gasteiger partial charge on any atom is 0.228 e. The number of rotatable bonds is 3. The zero-order valence-corrected chi connectivity index (χ0v) is 12.7. The van der Waals surface area contributed by atoms with Crippen LogP contribution in [-0.4, -0.2) is 5.91 Å². The van der Waals surface area contributed by atoms with Crippen LogP contribution in [0.15, 0.2) is 46.9 Å². The van der Waals surface area contributed by atoms with Gasteiger partial charge >= 0.3 is 0 Å². The minimum absolute atomic E-state index is 0.0327. The molecule has 0 aliphatic heterocycles. The predicted octanol–water partition coefficient (Wildman–Crippen LogP) is 4.12. The topological polar surface area (TPSA) is 29.1 Å². The Morgan fingerprint density at radius 2 is 1.80 bits per heavy atom. The number of amides is 1. The van der Waals surface area contributed by atoms with Crippen molar-refractivity contribution in [3.8, 4) is 0 Å². The minimum atomic E-state index is 0.0327. The summed E-state index contributed by atoms with van der Waals surface area (Å²) >= 11 is 3.38. The summed E-state index contributed by atoms with van der Waals surface area (Å²) in [4.78, 5) is 12.0. The van der Waals surface area contributed by atoms with Crippen molar-refractivity contribution >= 4 is 27.5 Å². The minimum Gasteiger partial charge on any atom is -0.326 e. The van der Waals surface area contributed by atoms with Gasteiger partial charge in [-0.05, 0) is 60.2 Å². The maximum absolute atomic E-state index is 12.0. The zero-order valence-electron chi connectivity index (χ0n) is 11.2. The van der Waals surface area contributed by atoms with E-state index in [-0.39, 0.29) is 5.91 Å². The summed E-state index contributed by atoms with van der Waals surface area (Å²) in [6.45, 7) is 0. The van der Waals surface area contributed by atoms with Gasteiger partial charge in [0.25, 0.3) is 0 Å². The van der Waals surface area contributed by atoms with Crippen molar-refractivity contribution in [2.24, 2.45) is 0 Å². The number of hydrogen-bond donors (Lipinski definition) is 1. The third kappa shape index (κ3) is 3.10. The zero-order chi connectivity index (χ0) is 13.9. The summed E-state index contributed by atoms with van der Waals surface area (Å²) in [7, 11) is 0. The molecule has 2 nitrogen and oxygen atoms in total. The van der Waals surface area contributed by atoms with E-state index in [9.17, 15) is 4.79 Å². The van der Waals surface area contributed by atoms with Gasteiger partial charge in [0.05, 0.1) is 6.42 Å². The number of fused-ring (bicyclic) bond motifs is 1. The molecule has 0 unspecified atom stereocenters. The van der Waals surface area contributed by atoms with Crippen LogP contribution in [0.1, 0.15) is 23.1 Å². The van der Waals surface area contributed by atoms with Gasteiger partial charge in [0.15, 0.2) is 0 Å².